The quantitative estimate of drug-likeness (QED) is 0.647. The zero-order chi connectivity index (χ0) is 19.4. The Morgan fingerprint density at radius 2 is 2.07 bits per heavy atom. The summed E-state index contributed by atoms with van der Waals surface area (Å²) in [6, 6.07) is 10.7. The molecule has 1 spiro atoms. The Balaban J connectivity index is 1.45. The van der Waals surface area contributed by atoms with Gasteiger partial charge in [-0.2, -0.15) is 0 Å². The lowest BCUT2D eigenvalue weighted by molar-refractivity contribution is 0.0613. The number of benzene rings is 1. The summed E-state index contributed by atoms with van der Waals surface area (Å²) in [5.74, 6) is -0.0276. The van der Waals surface area contributed by atoms with E-state index in [1.54, 1.807) is 17.2 Å². The number of H-pyrrole nitrogens is 1. The van der Waals surface area contributed by atoms with E-state index < -0.39 is 15.6 Å². The van der Waals surface area contributed by atoms with Gasteiger partial charge in [-0.05, 0) is 18.2 Å². The van der Waals surface area contributed by atoms with Gasteiger partial charge in [0.15, 0.2) is 0 Å². The number of sulfonamides is 1. The van der Waals surface area contributed by atoms with Crippen LogP contribution in [0.1, 0.15) is 16.8 Å². The van der Waals surface area contributed by atoms with Crippen molar-refractivity contribution in [3.63, 3.8) is 0 Å². The van der Waals surface area contributed by atoms with Gasteiger partial charge in [-0.15, -0.1) is 0 Å². The number of fused-ring (bicyclic) bond motifs is 2. The summed E-state index contributed by atoms with van der Waals surface area (Å²) >= 11 is 0. The van der Waals surface area contributed by atoms with Gasteiger partial charge < -0.3 is 14.6 Å². The second-order valence-electron chi connectivity index (χ2n) is 7.14. The molecule has 2 aliphatic heterocycles. The standard InChI is InChI=1S/C19H18N4O4S/c24-18(14-10-21-15-5-2-1-4-13(14)15)23-9-7-19(12-23)11-22-28(25,26)16-6-3-8-20-17(16)27-19/h1-6,8,10,21-22H,7,9,11-12H2. The van der Waals surface area contributed by atoms with Crippen molar-refractivity contribution in [1.29, 1.82) is 0 Å². The number of likely N-dealkylation sites (tertiary alicyclic amines) is 1. The number of hydrogen-bond donors (Lipinski definition) is 2. The lowest BCUT2D eigenvalue weighted by atomic mass is 10.0. The van der Waals surface area contributed by atoms with Crippen LogP contribution in [0.15, 0.2) is 53.7 Å². The van der Waals surface area contributed by atoms with Crippen molar-refractivity contribution in [2.75, 3.05) is 19.6 Å². The first kappa shape index (κ1) is 17.2. The highest BCUT2D eigenvalue weighted by Crippen LogP contribution is 2.34. The van der Waals surface area contributed by atoms with E-state index in [4.69, 9.17) is 4.74 Å². The number of hydrogen-bond acceptors (Lipinski definition) is 5. The summed E-state index contributed by atoms with van der Waals surface area (Å²) in [6.07, 6.45) is 3.72. The Labute approximate surface area is 161 Å². The van der Waals surface area contributed by atoms with E-state index in [-0.39, 0.29) is 29.8 Å². The molecule has 4 heterocycles. The molecule has 5 rings (SSSR count). The summed E-state index contributed by atoms with van der Waals surface area (Å²) in [6.45, 7) is 0.843. The van der Waals surface area contributed by atoms with Crippen LogP contribution < -0.4 is 9.46 Å². The highest BCUT2D eigenvalue weighted by Gasteiger charge is 2.46. The topological polar surface area (TPSA) is 104 Å². The summed E-state index contributed by atoms with van der Waals surface area (Å²) in [7, 11) is -3.70. The number of carbonyl (C=O) groups is 1. The van der Waals surface area contributed by atoms with Crippen LogP contribution in [0.3, 0.4) is 0 Å². The molecule has 2 aromatic heterocycles. The molecule has 2 aliphatic rings. The van der Waals surface area contributed by atoms with Gasteiger partial charge in [-0.3, -0.25) is 4.79 Å². The smallest absolute Gasteiger partial charge is 0.256 e. The van der Waals surface area contributed by atoms with Gasteiger partial charge in [0.25, 0.3) is 5.91 Å². The minimum Gasteiger partial charge on any atom is -0.467 e. The molecule has 2 N–H and O–H groups in total. The maximum Gasteiger partial charge on any atom is 0.256 e. The third kappa shape index (κ3) is 2.66. The van der Waals surface area contributed by atoms with E-state index in [9.17, 15) is 13.2 Å². The zero-order valence-electron chi connectivity index (χ0n) is 14.9. The minimum atomic E-state index is -3.70. The number of aromatic nitrogens is 2. The maximum absolute atomic E-state index is 13.1. The average Bonchev–Trinajstić information content (AvgIpc) is 3.29. The fourth-order valence-corrected chi connectivity index (χ4v) is 5.06. The first-order chi connectivity index (χ1) is 13.5. The van der Waals surface area contributed by atoms with E-state index in [0.29, 0.717) is 18.5 Å². The number of ether oxygens (including phenoxy) is 1. The molecule has 0 aliphatic carbocycles. The number of pyridine rings is 1. The predicted molar refractivity (Wildman–Crippen MR) is 102 cm³/mol. The van der Waals surface area contributed by atoms with Crippen LogP contribution >= 0.6 is 0 Å². The third-order valence-electron chi connectivity index (χ3n) is 5.35. The average molecular weight is 398 g/mol. The number of nitrogens with one attached hydrogen (secondary N) is 2. The molecular formula is C19H18N4O4S. The number of rotatable bonds is 1. The highest BCUT2D eigenvalue weighted by molar-refractivity contribution is 7.89. The molecule has 1 amide bonds. The van der Waals surface area contributed by atoms with Gasteiger partial charge in [0.1, 0.15) is 10.5 Å². The van der Waals surface area contributed by atoms with Crippen LogP contribution in [0.4, 0.5) is 0 Å². The second-order valence-corrected chi connectivity index (χ2v) is 8.88. The molecule has 0 bridgehead atoms. The van der Waals surface area contributed by atoms with Crippen molar-refractivity contribution in [3.05, 3.63) is 54.4 Å². The second kappa shape index (κ2) is 6.05. The number of amides is 1. The van der Waals surface area contributed by atoms with E-state index in [1.807, 2.05) is 24.3 Å². The summed E-state index contributed by atoms with van der Waals surface area (Å²) in [5, 5.41) is 0.864. The molecule has 3 aromatic rings. The monoisotopic (exact) mass is 398 g/mol. The van der Waals surface area contributed by atoms with Crippen molar-refractivity contribution < 1.29 is 17.9 Å². The van der Waals surface area contributed by atoms with E-state index in [2.05, 4.69) is 14.7 Å². The highest BCUT2D eigenvalue weighted by atomic mass is 32.2. The molecule has 1 unspecified atom stereocenters. The van der Waals surface area contributed by atoms with Crippen LogP contribution in [0.5, 0.6) is 5.88 Å². The largest absolute Gasteiger partial charge is 0.467 e. The molecule has 1 atom stereocenters. The minimum absolute atomic E-state index is 0.0216. The third-order valence-corrected chi connectivity index (χ3v) is 6.76. The number of nitrogens with zero attached hydrogens (tertiary/aromatic N) is 2. The number of para-hydroxylation sites is 1. The lowest BCUT2D eigenvalue weighted by Crippen LogP contribution is -2.48. The molecular weight excluding hydrogens is 380 g/mol. The van der Waals surface area contributed by atoms with Crippen molar-refractivity contribution >= 4 is 26.8 Å². The maximum atomic E-state index is 13.1. The molecule has 8 nitrogen and oxygen atoms in total. The summed E-state index contributed by atoms with van der Waals surface area (Å²) in [5.41, 5.74) is 0.658. The zero-order valence-corrected chi connectivity index (χ0v) is 15.7. The molecule has 1 fully saturated rings. The van der Waals surface area contributed by atoms with E-state index >= 15 is 0 Å². The fourth-order valence-electron chi connectivity index (χ4n) is 3.87. The molecule has 0 radical (unpaired) electrons. The molecule has 9 heteroatoms. The van der Waals surface area contributed by atoms with Crippen molar-refractivity contribution in [2.45, 2.75) is 16.9 Å². The van der Waals surface area contributed by atoms with Crippen molar-refractivity contribution in [1.82, 2.24) is 19.6 Å². The van der Waals surface area contributed by atoms with Crippen LogP contribution in [0.25, 0.3) is 10.9 Å². The van der Waals surface area contributed by atoms with Gasteiger partial charge in [-0.25, -0.2) is 18.1 Å². The predicted octanol–water partition coefficient (Wildman–Crippen LogP) is 1.52. The summed E-state index contributed by atoms with van der Waals surface area (Å²) < 4.78 is 33.6. The number of aromatic amines is 1. The fraction of sp³-hybridized carbons (Fsp3) is 0.263. The van der Waals surface area contributed by atoms with Gasteiger partial charge in [0.05, 0.1) is 18.7 Å². The first-order valence-electron chi connectivity index (χ1n) is 8.97. The van der Waals surface area contributed by atoms with Crippen molar-refractivity contribution in [3.8, 4) is 5.88 Å². The van der Waals surface area contributed by atoms with Crippen LogP contribution in [0.2, 0.25) is 0 Å². The van der Waals surface area contributed by atoms with Crippen LogP contribution in [-0.4, -0.2) is 54.4 Å². The Kier molecular flexibility index (Phi) is 3.72. The summed E-state index contributed by atoms with van der Waals surface area (Å²) in [4.78, 5) is 22.1. The van der Waals surface area contributed by atoms with E-state index in [0.717, 1.165) is 10.9 Å². The van der Waals surface area contributed by atoms with Gasteiger partial charge in [0, 0.05) is 36.3 Å². The molecule has 28 heavy (non-hydrogen) atoms. The molecule has 1 aromatic carbocycles. The molecule has 144 valence electrons. The van der Waals surface area contributed by atoms with Crippen LogP contribution in [0, 0.1) is 0 Å². The Bertz CT molecular complexity index is 1190. The van der Waals surface area contributed by atoms with Gasteiger partial charge in [0.2, 0.25) is 15.9 Å². The normalized spacial score (nSPS) is 23.4. The Hall–Kier alpha value is -2.91. The first-order valence-corrected chi connectivity index (χ1v) is 10.4. The Morgan fingerprint density at radius 1 is 1.21 bits per heavy atom. The van der Waals surface area contributed by atoms with Crippen molar-refractivity contribution in [2.24, 2.45) is 0 Å². The SMILES string of the molecule is O=C(c1c[nH]c2ccccc12)N1CCC2(CNS(=O)(=O)c3cccnc3O2)C1. The number of carbonyl (C=O) groups excluding carboxylic acids is 1. The lowest BCUT2D eigenvalue weighted by Gasteiger charge is -2.27. The van der Waals surface area contributed by atoms with Gasteiger partial charge in [-0.1, -0.05) is 18.2 Å². The van der Waals surface area contributed by atoms with Gasteiger partial charge >= 0.3 is 0 Å². The van der Waals surface area contributed by atoms with Crippen LogP contribution in [-0.2, 0) is 10.0 Å². The van der Waals surface area contributed by atoms with E-state index in [1.165, 1.54) is 12.3 Å². The molecule has 0 saturated carbocycles. The molecule has 1 saturated heterocycles. The Morgan fingerprint density at radius 3 is 2.96 bits per heavy atom.